The number of hydrogen-bond donors (Lipinski definition) is 1. The molecule has 0 bridgehead atoms. The van der Waals surface area contributed by atoms with E-state index in [0.29, 0.717) is 18.7 Å². The number of nitrogens with zero attached hydrogens (tertiary/aromatic N) is 1. The molecule has 1 amide bonds. The zero-order chi connectivity index (χ0) is 13.3. The molecule has 0 saturated carbocycles. The highest BCUT2D eigenvalue weighted by atomic mass is 16.4. The van der Waals surface area contributed by atoms with Crippen LogP contribution in [0.4, 0.5) is 0 Å². The largest absolute Gasteiger partial charge is 0.481 e. The highest BCUT2D eigenvalue weighted by Crippen LogP contribution is 2.25. The second-order valence-electron chi connectivity index (χ2n) is 4.96. The van der Waals surface area contributed by atoms with E-state index in [-0.39, 0.29) is 17.7 Å². The maximum atomic E-state index is 12.1. The van der Waals surface area contributed by atoms with Crippen molar-refractivity contribution in [3.63, 3.8) is 0 Å². The van der Waals surface area contributed by atoms with Gasteiger partial charge in [0.2, 0.25) is 0 Å². The molecule has 1 aliphatic heterocycles. The number of carbonyl (C=O) groups is 2. The Kier molecular flexibility index (Phi) is 3.36. The van der Waals surface area contributed by atoms with Gasteiger partial charge in [0.15, 0.2) is 0 Å². The quantitative estimate of drug-likeness (QED) is 0.885. The summed E-state index contributed by atoms with van der Waals surface area (Å²) in [7, 11) is 0. The molecule has 1 aromatic rings. The van der Waals surface area contributed by atoms with Gasteiger partial charge in [-0.1, -0.05) is 24.6 Å². The molecule has 4 heteroatoms. The molecule has 1 heterocycles. The van der Waals surface area contributed by atoms with Gasteiger partial charge in [-0.05, 0) is 19.1 Å². The number of likely N-dealkylation sites (tertiary alicyclic amines) is 1. The molecule has 1 atom stereocenters. The van der Waals surface area contributed by atoms with Crippen LogP contribution in [-0.4, -0.2) is 35.0 Å². The molecule has 1 fully saturated rings. The van der Waals surface area contributed by atoms with Gasteiger partial charge < -0.3 is 10.0 Å². The van der Waals surface area contributed by atoms with Crippen LogP contribution in [0.3, 0.4) is 0 Å². The minimum Gasteiger partial charge on any atom is -0.481 e. The molecule has 1 unspecified atom stereocenters. The number of rotatable bonds is 3. The van der Waals surface area contributed by atoms with E-state index in [1.54, 1.807) is 11.8 Å². The summed E-state index contributed by atoms with van der Waals surface area (Å²) in [6.45, 7) is 4.75. The fourth-order valence-corrected chi connectivity index (χ4v) is 2.08. The van der Waals surface area contributed by atoms with E-state index >= 15 is 0 Å². The lowest BCUT2D eigenvalue weighted by atomic mass is 9.86. The van der Waals surface area contributed by atoms with Crippen molar-refractivity contribution in [2.45, 2.75) is 13.8 Å². The van der Waals surface area contributed by atoms with Gasteiger partial charge in [0.05, 0.1) is 5.92 Å². The molecule has 0 aromatic heterocycles. The van der Waals surface area contributed by atoms with Crippen LogP contribution in [0.1, 0.15) is 22.8 Å². The number of carbonyl (C=O) groups excluding carboxylic acids is 1. The Morgan fingerprint density at radius 2 is 1.83 bits per heavy atom. The van der Waals surface area contributed by atoms with Crippen molar-refractivity contribution in [2.75, 3.05) is 13.1 Å². The summed E-state index contributed by atoms with van der Waals surface area (Å²) in [5.74, 6) is -1.10. The highest BCUT2D eigenvalue weighted by Gasteiger charge is 2.37. The standard InChI is InChI=1S/C14H17NO3/c1-9-3-5-11(6-4-9)13(16)15-7-12(8-15)10(2)14(17)18/h3-6,10,12H,7-8H2,1-2H3,(H,17,18). The van der Waals surface area contributed by atoms with Gasteiger partial charge in [0, 0.05) is 24.6 Å². The molecule has 96 valence electrons. The number of carboxylic acids is 1. The topological polar surface area (TPSA) is 57.6 Å². The van der Waals surface area contributed by atoms with Crippen molar-refractivity contribution in [3.8, 4) is 0 Å². The molecule has 1 aromatic carbocycles. The Bertz CT molecular complexity index is 460. The predicted octanol–water partition coefficient (Wildman–Crippen LogP) is 1.79. The van der Waals surface area contributed by atoms with Crippen molar-refractivity contribution in [1.82, 2.24) is 4.90 Å². The van der Waals surface area contributed by atoms with Gasteiger partial charge in [-0.3, -0.25) is 9.59 Å². The first-order valence-corrected chi connectivity index (χ1v) is 6.08. The zero-order valence-electron chi connectivity index (χ0n) is 10.6. The maximum absolute atomic E-state index is 12.1. The van der Waals surface area contributed by atoms with Crippen molar-refractivity contribution in [1.29, 1.82) is 0 Å². The van der Waals surface area contributed by atoms with Gasteiger partial charge in [0.1, 0.15) is 0 Å². The minimum atomic E-state index is -0.789. The van der Waals surface area contributed by atoms with Gasteiger partial charge in [-0.25, -0.2) is 0 Å². The Balaban J connectivity index is 1.94. The first kappa shape index (κ1) is 12.6. The van der Waals surface area contributed by atoms with Crippen LogP contribution in [0.2, 0.25) is 0 Å². The second-order valence-corrected chi connectivity index (χ2v) is 4.96. The summed E-state index contributed by atoms with van der Waals surface area (Å²) in [5, 5.41) is 8.89. The maximum Gasteiger partial charge on any atom is 0.306 e. The molecule has 4 nitrogen and oxygen atoms in total. The molecule has 2 rings (SSSR count). The lowest BCUT2D eigenvalue weighted by Gasteiger charge is -2.41. The Labute approximate surface area is 106 Å². The van der Waals surface area contributed by atoms with Gasteiger partial charge in [-0.2, -0.15) is 0 Å². The van der Waals surface area contributed by atoms with Crippen LogP contribution < -0.4 is 0 Å². The normalized spacial score (nSPS) is 17.1. The van der Waals surface area contributed by atoms with Crippen LogP contribution in [0.25, 0.3) is 0 Å². The number of hydrogen-bond acceptors (Lipinski definition) is 2. The predicted molar refractivity (Wildman–Crippen MR) is 67.4 cm³/mol. The van der Waals surface area contributed by atoms with Gasteiger partial charge in [0.25, 0.3) is 5.91 Å². The molecular formula is C14H17NO3. The zero-order valence-corrected chi connectivity index (χ0v) is 10.6. The molecule has 0 spiro atoms. The van der Waals surface area contributed by atoms with E-state index in [2.05, 4.69) is 0 Å². The van der Waals surface area contributed by atoms with E-state index < -0.39 is 5.97 Å². The van der Waals surface area contributed by atoms with Crippen molar-refractivity contribution >= 4 is 11.9 Å². The van der Waals surface area contributed by atoms with Crippen LogP contribution in [0.15, 0.2) is 24.3 Å². The first-order chi connectivity index (χ1) is 8.49. The molecular weight excluding hydrogens is 230 g/mol. The van der Waals surface area contributed by atoms with E-state index in [1.807, 2.05) is 31.2 Å². The summed E-state index contributed by atoms with van der Waals surface area (Å²) in [5.41, 5.74) is 1.79. The van der Waals surface area contributed by atoms with E-state index in [0.717, 1.165) is 5.56 Å². The fraction of sp³-hybridized carbons (Fsp3) is 0.429. The van der Waals surface area contributed by atoms with Crippen LogP contribution in [0.5, 0.6) is 0 Å². The van der Waals surface area contributed by atoms with Crippen LogP contribution >= 0.6 is 0 Å². The third-order valence-corrected chi connectivity index (χ3v) is 3.59. The summed E-state index contributed by atoms with van der Waals surface area (Å²) < 4.78 is 0. The first-order valence-electron chi connectivity index (χ1n) is 6.08. The number of aryl methyl sites for hydroxylation is 1. The molecule has 1 saturated heterocycles. The molecule has 1 aliphatic rings. The van der Waals surface area contributed by atoms with Crippen LogP contribution in [-0.2, 0) is 4.79 Å². The van der Waals surface area contributed by atoms with Crippen LogP contribution in [0, 0.1) is 18.8 Å². The van der Waals surface area contributed by atoms with Crippen molar-refractivity contribution in [3.05, 3.63) is 35.4 Å². The van der Waals surface area contributed by atoms with E-state index in [1.165, 1.54) is 0 Å². The summed E-state index contributed by atoms with van der Waals surface area (Å²) in [6.07, 6.45) is 0. The lowest BCUT2D eigenvalue weighted by Crippen LogP contribution is -2.53. The van der Waals surface area contributed by atoms with Gasteiger partial charge in [-0.15, -0.1) is 0 Å². The molecule has 18 heavy (non-hydrogen) atoms. The molecule has 1 N–H and O–H groups in total. The van der Waals surface area contributed by atoms with E-state index in [9.17, 15) is 9.59 Å². The molecule has 0 aliphatic carbocycles. The Morgan fingerprint density at radius 3 is 2.33 bits per heavy atom. The fourth-order valence-electron chi connectivity index (χ4n) is 2.08. The minimum absolute atomic E-state index is 0.0103. The number of amides is 1. The lowest BCUT2D eigenvalue weighted by molar-refractivity contribution is -0.144. The Hall–Kier alpha value is -1.84. The number of benzene rings is 1. The smallest absolute Gasteiger partial charge is 0.306 e. The number of aliphatic carboxylic acids is 1. The van der Waals surface area contributed by atoms with Crippen molar-refractivity contribution in [2.24, 2.45) is 11.8 Å². The Morgan fingerprint density at radius 1 is 1.28 bits per heavy atom. The average Bonchev–Trinajstić information content (AvgIpc) is 2.27. The summed E-state index contributed by atoms with van der Waals surface area (Å²) in [6, 6.07) is 7.44. The van der Waals surface area contributed by atoms with Crippen molar-refractivity contribution < 1.29 is 14.7 Å². The summed E-state index contributed by atoms with van der Waals surface area (Å²) >= 11 is 0. The average molecular weight is 247 g/mol. The van der Waals surface area contributed by atoms with E-state index in [4.69, 9.17) is 5.11 Å². The SMILES string of the molecule is Cc1ccc(C(=O)N2CC(C(C)C(=O)O)C2)cc1. The molecule has 0 radical (unpaired) electrons. The third-order valence-electron chi connectivity index (χ3n) is 3.59. The monoisotopic (exact) mass is 247 g/mol. The highest BCUT2D eigenvalue weighted by molar-refractivity contribution is 5.94. The number of carboxylic acid groups (broad SMARTS) is 1. The third kappa shape index (κ3) is 2.37. The van der Waals surface area contributed by atoms with Gasteiger partial charge >= 0.3 is 5.97 Å². The summed E-state index contributed by atoms with van der Waals surface area (Å²) in [4.78, 5) is 24.6. The second kappa shape index (κ2) is 4.80.